The Morgan fingerprint density at radius 2 is 1.87 bits per heavy atom. The Hall–Kier alpha value is -3.02. The maximum absolute atomic E-state index is 12.6. The highest BCUT2D eigenvalue weighted by Gasteiger charge is 2.16. The van der Waals surface area contributed by atoms with Gasteiger partial charge in [-0.25, -0.2) is 9.78 Å². The van der Waals surface area contributed by atoms with Crippen molar-refractivity contribution in [2.75, 3.05) is 31.6 Å². The summed E-state index contributed by atoms with van der Waals surface area (Å²) in [6.45, 7) is 3.46. The molecule has 2 amide bonds. The highest BCUT2D eigenvalue weighted by atomic mass is 16.2. The third-order valence-corrected chi connectivity index (χ3v) is 5.75. The molecule has 4 rings (SSSR count). The summed E-state index contributed by atoms with van der Waals surface area (Å²) in [6, 6.07) is 16.5. The first-order valence-electron chi connectivity index (χ1n) is 11.0. The molecule has 1 fully saturated rings. The number of imidazole rings is 1. The number of benzene rings is 2. The number of urea groups is 1. The van der Waals surface area contributed by atoms with Gasteiger partial charge in [-0.3, -0.25) is 0 Å². The van der Waals surface area contributed by atoms with E-state index in [1.54, 1.807) is 4.90 Å². The monoisotopic (exact) mass is 405 g/mol. The maximum atomic E-state index is 12.6. The fourth-order valence-corrected chi connectivity index (χ4v) is 4.13. The van der Waals surface area contributed by atoms with E-state index in [1.165, 1.54) is 30.5 Å². The first kappa shape index (κ1) is 20.3. The van der Waals surface area contributed by atoms with Gasteiger partial charge in [0.2, 0.25) is 0 Å². The molecular formula is C24H31N5O. The van der Waals surface area contributed by atoms with Crippen LogP contribution in [0, 0.1) is 0 Å². The number of nitrogens with one attached hydrogen (secondary N) is 2. The number of aromatic amines is 1. The average Bonchev–Trinajstić information content (AvgIpc) is 3.20. The number of fused-ring (bicyclic) bond motifs is 1. The maximum Gasteiger partial charge on any atom is 0.317 e. The number of hydrogen-bond acceptors (Lipinski definition) is 3. The zero-order valence-corrected chi connectivity index (χ0v) is 17.7. The van der Waals surface area contributed by atoms with E-state index >= 15 is 0 Å². The molecule has 0 spiro atoms. The van der Waals surface area contributed by atoms with Crippen LogP contribution in [-0.2, 0) is 13.0 Å². The number of aromatic nitrogens is 2. The minimum absolute atomic E-state index is 0.0342. The summed E-state index contributed by atoms with van der Waals surface area (Å²) in [5.41, 5.74) is 4.52. The Labute approximate surface area is 178 Å². The molecule has 158 valence electrons. The SMILES string of the molecule is CN(Cc1ccccc1N1CCCCC1)C(=O)NCCCc1nc2ccccc2[nH]1. The van der Waals surface area contributed by atoms with E-state index in [1.807, 2.05) is 31.3 Å². The Morgan fingerprint density at radius 1 is 1.10 bits per heavy atom. The summed E-state index contributed by atoms with van der Waals surface area (Å²) in [5, 5.41) is 3.04. The predicted molar refractivity (Wildman–Crippen MR) is 122 cm³/mol. The van der Waals surface area contributed by atoms with Crippen molar-refractivity contribution in [1.82, 2.24) is 20.2 Å². The van der Waals surface area contributed by atoms with Crippen LogP contribution in [0.4, 0.5) is 10.5 Å². The molecule has 2 N–H and O–H groups in total. The Bertz CT molecular complexity index is 943. The van der Waals surface area contributed by atoms with Gasteiger partial charge in [-0.1, -0.05) is 30.3 Å². The summed E-state index contributed by atoms with van der Waals surface area (Å²) < 4.78 is 0. The summed E-state index contributed by atoms with van der Waals surface area (Å²) >= 11 is 0. The highest BCUT2D eigenvalue weighted by molar-refractivity contribution is 5.75. The van der Waals surface area contributed by atoms with Gasteiger partial charge in [0.05, 0.1) is 11.0 Å². The fourth-order valence-electron chi connectivity index (χ4n) is 4.13. The van der Waals surface area contributed by atoms with E-state index < -0.39 is 0 Å². The molecule has 0 unspecified atom stereocenters. The van der Waals surface area contributed by atoms with Crippen LogP contribution in [0.1, 0.15) is 37.1 Å². The van der Waals surface area contributed by atoms with Gasteiger partial charge in [-0.2, -0.15) is 0 Å². The third kappa shape index (κ3) is 4.93. The van der Waals surface area contributed by atoms with Crippen LogP contribution in [0.5, 0.6) is 0 Å². The molecule has 1 aliphatic rings. The number of nitrogens with zero attached hydrogens (tertiary/aromatic N) is 3. The second kappa shape index (κ2) is 9.65. The summed E-state index contributed by atoms with van der Waals surface area (Å²) in [7, 11) is 1.86. The Morgan fingerprint density at radius 3 is 2.70 bits per heavy atom. The number of aryl methyl sites for hydroxylation is 1. The minimum atomic E-state index is -0.0342. The summed E-state index contributed by atoms with van der Waals surface area (Å²) in [5.74, 6) is 0.967. The fraction of sp³-hybridized carbons (Fsp3) is 0.417. The minimum Gasteiger partial charge on any atom is -0.371 e. The Kier molecular flexibility index (Phi) is 6.52. The lowest BCUT2D eigenvalue weighted by Crippen LogP contribution is -2.38. The number of hydrogen-bond donors (Lipinski definition) is 2. The average molecular weight is 406 g/mol. The molecule has 0 radical (unpaired) electrons. The van der Waals surface area contributed by atoms with Gasteiger partial charge in [-0.15, -0.1) is 0 Å². The molecule has 6 heteroatoms. The van der Waals surface area contributed by atoms with Crippen molar-refractivity contribution in [2.45, 2.75) is 38.6 Å². The lowest BCUT2D eigenvalue weighted by Gasteiger charge is -2.31. The largest absolute Gasteiger partial charge is 0.371 e. The quantitative estimate of drug-likeness (QED) is 0.575. The van der Waals surface area contributed by atoms with Gasteiger partial charge in [0.15, 0.2) is 0 Å². The van der Waals surface area contributed by atoms with Gasteiger partial charge < -0.3 is 20.1 Å². The molecule has 3 aromatic rings. The van der Waals surface area contributed by atoms with Crippen LogP contribution in [0.25, 0.3) is 11.0 Å². The van der Waals surface area contributed by atoms with Gasteiger partial charge in [0, 0.05) is 45.3 Å². The zero-order chi connectivity index (χ0) is 20.8. The number of H-pyrrole nitrogens is 1. The number of carbonyl (C=O) groups is 1. The number of amides is 2. The lowest BCUT2D eigenvalue weighted by molar-refractivity contribution is 0.207. The number of para-hydroxylation sites is 3. The van der Waals surface area contributed by atoms with Gasteiger partial charge >= 0.3 is 6.03 Å². The summed E-state index contributed by atoms with van der Waals surface area (Å²) in [4.78, 5) is 24.7. The van der Waals surface area contributed by atoms with Gasteiger partial charge in [-0.05, 0) is 49.4 Å². The number of piperidine rings is 1. The van der Waals surface area contributed by atoms with Crippen molar-refractivity contribution >= 4 is 22.8 Å². The smallest absolute Gasteiger partial charge is 0.317 e. The van der Waals surface area contributed by atoms with E-state index in [-0.39, 0.29) is 6.03 Å². The van der Waals surface area contributed by atoms with Gasteiger partial charge in [0.1, 0.15) is 5.82 Å². The second-order valence-corrected chi connectivity index (χ2v) is 8.07. The first-order chi connectivity index (χ1) is 14.7. The lowest BCUT2D eigenvalue weighted by atomic mass is 10.1. The van der Waals surface area contributed by atoms with Crippen molar-refractivity contribution in [2.24, 2.45) is 0 Å². The topological polar surface area (TPSA) is 64.3 Å². The first-order valence-corrected chi connectivity index (χ1v) is 11.0. The molecule has 1 aliphatic heterocycles. The number of rotatable bonds is 7. The van der Waals surface area contributed by atoms with E-state index in [2.05, 4.69) is 44.5 Å². The van der Waals surface area contributed by atoms with Crippen LogP contribution in [-0.4, -0.2) is 47.6 Å². The van der Waals surface area contributed by atoms with E-state index in [0.717, 1.165) is 42.8 Å². The number of anilines is 1. The van der Waals surface area contributed by atoms with E-state index in [0.29, 0.717) is 13.1 Å². The standard InChI is InChI=1S/C24H31N5O/c1-28(18-19-10-3-6-13-22(19)29-16-7-2-8-17-29)24(30)25-15-9-14-23-26-20-11-4-5-12-21(20)27-23/h3-6,10-13H,2,7-9,14-18H2,1H3,(H,25,30)(H,26,27). The van der Waals surface area contributed by atoms with Crippen molar-refractivity contribution in [1.29, 1.82) is 0 Å². The van der Waals surface area contributed by atoms with Crippen LogP contribution in [0.2, 0.25) is 0 Å². The third-order valence-electron chi connectivity index (χ3n) is 5.75. The molecule has 0 atom stereocenters. The molecular weight excluding hydrogens is 374 g/mol. The van der Waals surface area contributed by atoms with Crippen LogP contribution in [0.3, 0.4) is 0 Å². The highest BCUT2D eigenvalue weighted by Crippen LogP contribution is 2.25. The van der Waals surface area contributed by atoms with E-state index in [4.69, 9.17) is 0 Å². The van der Waals surface area contributed by atoms with E-state index in [9.17, 15) is 4.79 Å². The molecule has 2 heterocycles. The van der Waals surface area contributed by atoms with Crippen molar-refractivity contribution < 1.29 is 4.79 Å². The Balaban J connectivity index is 1.26. The molecule has 0 aliphatic carbocycles. The summed E-state index contributed by atoms with van der Waals surface area (Å²) in [6.07, 6.45) is 5.47. The molecule has 0 bridgehead atoms. The predicted octanol–water partition coefficient (Wildman–Crippen LogP) is 4.33. The second-order valence-electron chi connectivity index (χ2n) is 8.07. The van der Waals surface area contributed by atoms with Crippen molar-refractivity contribution in [3.05, 3.63) is 59.9 Å². The van der Waals surface area contributed by atoms with Crippen molar-refractivity contribution in [3.63, 3.8) is 0 Å². The van der Waals surface area contributed by atoms with Crippen LogP contribution < -0.4 is 10.2 Å². The molecule has 30 heavy (non-hydrogen) atoms. The molecule has 1 aromatic heterocycles. The van der Waals surface area contributed by atoms with Crippen molar-refractivity contribution in [3.8, 4) is 0 Å². The molecule has 1 saturated heterocycles. The molecule has 0 saturated carbocycles. The zero-order valence-electron chi connectivity index (χ0n) is 17.7. The number of carbonyl (C=O) groups excluding carboxylic acids is 1. The van der Waals surface area contributed by atoms with Gasteiger partial charge in [0.25, 0.3) is 0 Å². The molecule has 2 aromatic carbocycles. The van der Waals surface area contributed by atoms with Crippen LogP contribution >= 0.6 is 0 Å². The van der Waals surface area contributed by atoms with Crippen LogP contribution in [0.15, 0.2) is 48.5 Å². The molecule has 6 nitrogen and oxygen atoms in total. The normalized spacial score (nSPS) is 14.1.